The predicted molar refractivity (Wildman–Crippen MR) is 78.0 cm³/mol. The van der Waals surface area contributed by atoms with E-state index in [1.807, 2.05) is 0 Å². The summed E-state index contributed by atoms with van der Waals surface area (Å²) >= 11 is 0. The Hall–Kier alpha value is -0.120. The largest absolute Gasteiger partial charge is 0.319 e. The fourth-order valence-electron chi connectivity index (χ4n) is 4.05. The van der Waals surface area contributed by atoms with Crippen molar-refractivity contribution in [3.05, 3.63) is 0 Å². The summed E-state index contributed by atoms with van der Waals surface area (Å²) in [4.78, 5) is 5.13. The molecule has 3 nitrogen and oxygen atoms in total. The van der Waals surface area contributed by atoms with Crippen molar-refractivity contribution in [2.45, 2.75) is 44.6 Å². The lowest BCUT2D eigenvalue weighted by Crippen LogP contribution is -2.46. The van der Waals surface area contributed by atoms with Gasteiger partial charge in [-0.15, -0.1) is 0 Å². The number of hydrogen-bond acceptors (Lipinski definition) is 3. The smallest absolute Gasteiger partial charge is 0.0223 e. The molecule has 0 spiro atoms. The van der Waals surface area contributed by atoms with Crippen LogP contribution in [0.5, 0.6) is 0 Å². The quantitative estimate of drug-likeness (QED) is 0.778. The molecule has 106 valence electrons. The normalized spacial score (nSPS) is 28.3. The van der Waals surface area contributed by atoms with Gasteiger partial charge in [-0.05, 0) is 58.8 Å². The van der Waals surface area contributed by atoms with E-state index in [1.165, 1.54) is 64.7 Å². The maximum atomic E-state index is 3.44. The van der Waals surface area contributed by atoms with E-state index < -0.39 is 0 Å². The maximum Gasteiger partial charge on any atom is 0.0223 e. The first-order valence-corrected chi connectivity index (χ1v) is 7.69. The van der Waals surface area contributed by atoms with Gasteiger partial charge in [0.25, 0.3) is 0 Å². The molecule has 2 fully saturated rings. The molecule has 18 heavy (non-hydrogen) atoms. The van der Waals surface area contributed by atoms with Crippen LogP contribution in [0.4, 0.5) is 0 Å². The summed E-state index contributed by atoms with van der Waals surface area (Å²) in [5, 5.41) is 3.44. The summed E-state index contributed by atoms with van der Waals surface area (Å²) in [5.74, 6) is 0. The van der Waals surface area contributed by atoms with Gasteiger partial charge in [0, 0.05) is 25.7 Å². The van der Waals surface area contributed by atoms with Gasteiger partial charge in [-0.25, -0.2) is 0 Å². The van der Waals surface area contributed by atoms with Crippen LogP contribution in [0.15, 0.2) is 0 Å². The molecule has 3 heteroatoms. The highest BCUT2D eigenvalue weighted by atomic mass is 15.2. The summed E-state index contributed by atoms with van der Waals surface area (Å²) in [6.45, 7) is 5.09. The van der Waals surface area contributed by atoms with Crippen molar-refractivity contribution < 1.29 is 0 Å². The molecule has 1 saturated heterocycles. The lowest BCUT2D eigenvalue weighted by molar-refractivity contribution is 0.125. The molecule has 0 amide bonds. The Balaban J connectivity index is 1.93. The lowest BCUT2D eigenvalue weighted by atomic mass is 9.85. The number of likely N-dealkylation sites (N-methyl/N-ethyl adjacent to an activating group) is 1. The Kier molecular flexibility index (Phi) is 5.05. The van der Waals surface area contributed by atoms with Crippen LogP contribution < -0.4 is 5.32 Å². The highest BCUT2D eigenvalue weighted by molar-refractivity contribution is 4.92. The Morgan fingerprint density at radius 1 is 1.22 bits per heavy atom. The van der Waals surface area contributed by atoms with Crippen LogP contribution in [-0.2, 0) is 0 Å². The summed E-state index contributed by atoms with van der Waals surface area (Å²) < 4.78 is 0. The van der Waals surface area contributed by atoms with E-state index in [-0.39, 0.29) is 0 Å². The van der Waals surface area contributed by atoms with E-state index in [0.717, 1.165) is 6.04 Å². The first kappa shape index (κ1) is 14.3. The second-order valence-electron chi connectivity index (χ2n) is 6.77. The van der Waals surface area contributed by atoms with Gasteiger partial charge in [0.2, 0.25) is 0 Å². The van der Waals surface area contributed by atoms with Crippen LogP contribution >= 0.6 is 0 Å². The van der Waals surface area contributed by atoms with Gasteiger partial charge in [-0.3, -0.25) is 4.90 Å². The molecule has 1 N–H and O–H groups in total. The molecular weight excluding hydrogens is 222 g/mol. The second-order valence-corrected chi connectivity index (χ2v) is 6.77. The summed E-state index contributed by atoms with van der Waals surface area (Å²) in [5.41, 5.74) is 0.573. The third kappa shape index (κ3) is 3.46. The first-order valence-electron chi connectivity index (χ1n) is 7.69. The van der Waals surface area contributed by atoms with E-state index in [9.17, 15) is 0 Å². The van der Waals surface area contributed by atoms with Gasteiger partial charge in [0.05, 0.1) is 0 Å². The number of rotatable bonds is 6. The Morgan fingerprint density at radius 3 is 2.56 bits per heavy atom. The third-order valence-electron chi connectivity index (χ3n) is 4.83. The van der Waals surface area contributed by atoms with Crippen molar-refractivity contribution in [1.29, 1.82) is 0 Å². The number of hydrogen-bond donors (Lipinski definition) is 1. The molecule has 1 saturated carbocycles. The molecule has 0 aromatic carbocycles. The molecule has 1 unspecified atom stereocenters. The Labute approximate surface area is 113 Å². The summed E-state index contributed by atoms with van der Waals surface area (Å²) in [6.07, 6.45) is 8.53. The maximum absolute atomic E-state index is 3.44. The minimum absolute atomic E-state index is 0.573. The predicted octanol–water partition coefficient (Wildman–Crippen LogP) is 1.79. The Bertz CT molecular complexity index is 246. The van der Waals surface area contributed by atoms with Gasteiger partial charge >= 0.3 is 0 Å². The molecule has 1 aliphatic heterocycles. The molecule has 0 aromatic rings. The molecule has 0 radical (unpaired) electrons. The fraction of sp³-hybridized carbons (Fsp3) is 1.00. The van der Waals surface area contributed by atoms with Crippen LogP contribution in [0.1, 0.15) is 38.5 Å². The number of nitrogens with one attached hydrogen (secondary N) is 1. The first-order chi connectivity index (χ1) is 8.65. The minimum atomic E-state index is 0.573. The monoisotopic (exact) mass is 253 g/mol. The van der Waals surface area contributed by atoms with Crippen molar-refractivity contribution in [2.24, 2.45) is 5.41 Å². The summed E-state index contributed by atoms with van der Waals surface area (Å²) in [6, 6.07) is 0.800. The topological polar surface area (TPSA) is 18.5 Å². The van der Waals surface area contributed by atoms with Crippen molar-refractivity contribution in [3.8, 4) is 0 Å². The molecule has 1 atom stereocenters. The van der Waals surface area contributed by atoms with Gasteiger partial charge in [-0.1, -0.05) is 12.8 Å². The highest BCUT2D eigenvalue weighted by Crippen LogP contribution is 2.39. The van der Waals surface area contributed by atoms with Gasteiger partial charge in [-0.2, -0.15) is 0 Å². The number of nitrogens with zero attached hydrogens (tertiary/aromatic N) is 2. The van der Waals surface area contributed by atoms with Crippen LogP contribution in [0.2, 0.25) is 0 Å². The van der Waals surface area contributed by atoms with E-state index in [4.69, 9.17) is 0 Å². The SMILES string of the molecule is CNCC1(CN2CCCC2CN(C)C)CCCC1. The molecule has 2 rings (SSSR count). The van der Waals surface area contributed by atoms with Crippen molar-refractivity contribution in [1.82, 2.24) is 15.1 Å². The highest BCUT2D eigenvalue weighted by Gasteiger charge is 2.37. The van der Waals surface area contributed by atoms with Gasteiger partial charge < -0.3 is 10.2 Å². The van der Waals surface area contributed by atoms with E-state index in [0.29, 0.717) is 5.41 Å². The molecule has 1 aliphatic carbocycles. The number of likely N-dealkylation sites (tertiary alicyclic amines) is 1. The van der Waals surface area contributed by atoms with Crippen molar-refractivity contribution >= 4 is 0 Å². The lowest BCUT2D eigenvalue weighted by Gasteiger charge is -2.37. The van der Waals surface area contributed by atoms with Crippen molar-refractivity contribution in [2.75, 3.05) is 47.3 Å². The van der Waals surface area contributed by atoms with Crippen molar-refractivity contribution in [3.63, 3.8) is 0 Å². The fourth-order valence-corrected chi connectivity index (χ4v) is 4.05. The third-order valence-corrected chi connectivity index (χ3v) is 4.83. The molecule has 1 heterocycles. The van der Waals surface area contributed by atoms with Crippen LogP contribution in [0, 0.1) is 5.41 Å². The second kappa shape index (κ2) is 6.36. The van der Waals surface area contributed by atoms with Crippen LogP contribution in [-0.4, -0.2) is 63.2 Å². The summed E-state index contributed by atoms with van der Waals surface area (Å²) in [7, 11) is 6.52. The zero-order chi connectivity index (χ0) is 13.0. The average molecular weight is 253 g/mol. The molecule has 2 aliphatic rings. The molecular formula is C15H31N3. The Morgan fingerprint density at radius 2 is 1.94 bits per heavy atom. The standard InChI is InChI=1S/C15H31N3/c1-16-12-15(8-4-5-9-15)13-18-10-6-7-14(18)11-17(2)3/h14,16H,4-13H2,1-3H3. The average Bonchev–Trinajstić information content (AvgIpc) is 2.90. The zero-order valence-corrected chi connectivity index (χ0v) is 12.5. The van der Waals surface area contributed by atoms with E-state index in [1.54, 1.807) is 0 Å². The molecule has 0 bridgehead atoms. The molecule has 0 aromatic heterocycles. The van der Waals surface area contributed by atoms with Gasteiger partial charge in [0.1, 0.15) is 0 Å². The minimum Gasteiger partial charge on any atom is -0.319 e. The van der Waals surface area contributed by atoms with E-state index in [2.05, 4.69) is 36.3 Å². The van der Waals surface area contributed by atoms with Crippen LogP contribution in [0.25, 0.3) is 0 Å². The van der Waals surface area contributed by atoms with E-state index >= 15 is 0 Å². The van der Waals surface area contributed by atoms with Gasteiger partial charge in [0.15, 0.2) is 0 Å². The zero-order valence-electron chi connectivity index (χ0n) is 12.5. The van der Waals surface area contributed by atoms with Crippen LogP contribution in [0.3, 0.4) is 0 Å².